The third-order valence-electron chi connectivity index (χ3n) is 1.35. The predicted molar refractivity (Wildman–Crippen MR) is 44.5 cm³/mol. The fourth-order valence-electron chi connectivity index (χ4n) is 0.770. The molecule has 0 aromatic rings. The highest BCUT2D eigenvalue weighted by molar-refractivity contribution is 6.87. The molecule has 3 heteroatoms. The number of hydrogen-bond acceptors (Lipinski definition) is 2. The first kappa shape index (κ1) is 9.59. The van der Waals surface area contributed by atoms with Gasteiger partial charge in [0.2, 0.25) is 0 Å². The van der Waals surface area contributed by atoms with Crippen molar-refractivity contribution in [2.24, 2.45) is 0 Å². The maximum atomic E-state index is 11.0. The van der Waals surface area contributed by atoms with Crippen LogP contribution in [0.2, 0.25) is 6.04 Å². The second-order valence-corrected chi connectivity index (χ2v) is 4.71. The highest BCUT2D eigenvalue weighted by Gasteiger charge is 2.15. The monoisotopic (exact) mass is 158 g/mol. The van der Waals surface area contributed by atoms with Crippen molar-refractivity contribution >= 4 is 14.4 Å². The Balaban J connectivity index is 3.79. The summed E-state index contributed by atoms with van der Waals surface area (Å²) in [6.07, 6.45) is 2.39. The number of hydrogen-bond donors (Lipinski definition) is 0. The third kappa shape index (κ3) is 2.94. The highest BCUT2D eigenvalue weighted by atomic mass is 28.3. The normalized spacial score (nSPS) is 12.6. The van der Waals surface area contributed by atoms with Crippen molar-refractivity contribution in [3.05, 3.63) is 12.7 Å². The molecular weight excluding hydrogens is 144 g/mol. The summed E-state index contributed by atoms with van der Waals surface area (Å²) >= 11 is 0. The van der Waals surface area contributed by atoms with Crippen LogP contribution in [-0.2, 0) is 9.22 Å². The van der Waals surface area contributed by atoms with E-state index >= 15 is 0 Å². The zero-order valence-electron chi connectivity index (χ0n) is 6.59. The van der Waals surface area contributed by atoms with Crippen molar-refractivity contribution in [1.29, 1.82) is 0 Å². The van der Waals surface area contributed by atoms with E-state index in [0.717, 1.165) is 12.5 Å². The van der Waals surface area contributed by atoms with Crippen LogP contribution in [0.3, 0.4) is 0 Å². The zero-order chi connectivity index (χ0) is 7.98. The predicted octanol–water partition coefficient (Wildman–Crippen LogP) is 1.06. The average Bonchev–Trinajstić information content (AvgIpc) is 1.99. The van der Waals surface area contributed by atoms with Gasteiger partial charge in [-0.1, -0.05) is 19.9 Å². The second-order valence-electron chi connectivity index (χ2n) is 2.12. The van der Waals surface area contributed by atoms with Gasteiger partial charge >= 0.3 is 0 Å². The molecule has 2 nitrogen and oxygen atoms in total. The molecule has 1 unspecified atom stereocenters. The Morgan fingerprint density at radius 2 is 2.40 bits per heavy atom. The molecule has 0 amide bonds. The molecule has 0 saturated carbocycles. The Morgan fingerprint density at radius 1 is 1.80 bits per heavy atom. The molecule has 0 saturated heterocycles. The van der Waals surface area contributed by atoms with Crippen LogP contribution < -0.4 is 0 Å². The number of rotatable bonds is 5. The van der Waals surface area contributed by atoms with Crippen molar-refractivity contribution in [2.45, 2.75) is 19.4 Å². The summed E-state index contributed by atoms with van der Waals surface area (Å²) in [6.45, 7) is 5.47. The Labute approximate surface area is 63.6 Å². The topological polar surface area (TPSA) is 26.3 Å². The molecule has 0 rings (SSSR count). The van der Waals surface area contributed by atoms with Gasteiger partial charge in [0.05, 0.1) is 0 Å². The lowest BCUT2D eigenvalue weighted by Gasteiger charge is -2.06. The standard InChI is InChI=1S/C7H14O2Si/c1-4-6-10(9-3)7(8)5-2/h5,10H,2,4,6H2,1,3H3. The minimum Gasteiger partial charge on any atom is -0.415 e. The van der Waals surface area contributed by atoms with Gasteiger partial charge < -0.3 is 4.43 Å². The Kier molecular flexibility index (Phi) is 5.16. The fourth-order valence-corrected chi connectivity index (χ4v) is 2.31. The maximum Gasteiger partial charge on any atom is 0.254 e. The van der Waals surface area contributed by atoms with Gasteiger partial charge in [-0.15, -0.1) is 0 Å². The molecule has 0 aromatic heterocycles. The molecule has 0 aromatic carbocycles. The first-order chi connectivity index (χ1) is 4.76. The third-order valence-corrected chi connectivity index (χ3v) is 3.90. The van der Waals surface area contributed by atoms with E-state index in [1.807, 2.05) is 0 Å². The molecule has 0 bridgehead atoms. The first-order valence-electron chi connectivity index (χ1n) is 3.45. The SMILES string of the molecule is C=CC(=O)[SiH](CCC)OC. The molecule has 1 atom stereocenters. The van der Waals surface area contributed by atoms with Crippen LogP contribution in [0.1, 0.15) is 13.3 Å². The number of carbonyl (C=O) groups is 1. The lowest BCUT2D eigenvalue weighted by molar-refractivity contribution is -0.109. The lowest BCUT2D eigenvalue weighted by atomic mass is 10.6. The lowest BCUT2D eigenvalue weighted by Crippen LogP contribution is -2.25. The molecule has 0 aliphatic heterocycles. The molecule has 0 spiro atoms. The Morgan fingerprint density at radius 3 is 2.70 bits per heavy atom. The Bertz CT molecular complexity index is 123. The molecule has 58 valence electrons. The van der Waals surface area contributed by atoms with Gasteiger partial charge in [0.25, 0.3) is 9.04 Å². The van der Waals surface area contributed by atoms with Crippen molar-refractivity contribution < 1.29 is 9.22 Å². The van der Waals surface area contributed by atoms with Crippen molar-refractivity contribution in [2.75, 3.05) is 7.11 Å². The van der Waals surface area contributed by atoms with Crippen LogP contribution in [-0.4, -0.2) is 21.6 Å². The molecule has 0 aliphatic carbocycles. The molecule has 0 radical (unpaired) electrons. The smallest absolute Gasteiger partial charge is 0.254 e. The van der Waals surface area contributed by atoms with E-state index in [2.05, 4.69) is 13.5 Å². The van der Waals surface area contributed by atoms with Crippen LogP contribution in [0.25, 0.3) is 0 Å². The van der Waals surface area contributed by atoms with E-state index in [0.29, 0.717) is 0 Å². The summed E-state index contributed by atoms with van der Waals surface area (Å²) in [5.74, 6) is 0. The quantitative estimate of drug-likeness (QED) is 0.442. The van der Waals surface area contributed by atoms with E-state index in [1.165, 1.54) is 6.08 Å². The van der Waals surface area contributed by atoms with Crippen LogP contribution >= 0.6 is 0 Å². The van der Waals surface area contributed by atoms with Crippen molar-refractivity contribution in [3.8, 4) is 0 Å². The van der Waals surface area contributed by atoms with E-state index in [1.54, 1.807) is 7.11 Å². The van der Waals surface area contributed by atoms with Gasteiger partial charge in [-0.2, -0.15) is 0 Å². The number of carbonyl (C=O) groups excluding carboxylic acids is 1. The highest BCUT2D eigenvalue weighted by Crippen LogP contribution is 1.99. The van der Waals surface area contributed by atoms with Gasteiger partial charge in [-0.3, -0.25) is 4.79 Å². The largest absolute Gasteiger partial charge is 0.415 e. The molecule has 0 fully saturated rings. The molecule has 0 heterocycles. The van der Waals surface area contributed by atoms with Crippen LogP contribution in [0.5, 0.6) is 0 Å². The molecule has 10 heavy (non-hydrogen) atoms. The molecule has 0 aliphatic rings. The molecular formula is C7H14O2Si. The minimum absolute atomic E-state index is 0.115. The van der Waals surface area contributed by atoms with Crippen molar-refractivity contribution in [3.63, 3.8) is 0 Å². The van der Waals surface area contributed by atoms with E-state index in [9.17, 15) is 4.79 Å². The van der Waals surface area contributed by atoms with Gasteiger partial charge in [-0.25, -0.2) is 0 Å². The van der Waals surface area contributed by atoms with Crippen LogP contribution in [0.15, 0.2) is 12.7 Å². The van der Waals surface area contributed by atoms with Crippen molar-refractivity contribution in [1.82, 2.24) is 0 Å². The van der Waals surface area contributed by atoms with Crippen LogP contribution in [0, 0.1) is 0 Å². The minimum atomic E-state index is -1.56. The molecule has 0 N–H and O–H groups in total. The Hall–Kier alpha value is -0.413. The summed E-state index contributed by atoms with van der Waals surface area (Å²) in [5.41, 5.74) is 0. The summed E-state index contributed by atoms with van der Waals surface area (Å²) in [7, 11) is 0.0411. The van der Waals surface area contributed by atoms with E-state index in [-0.39, 0.29) is 5.41 Å². The van der Waals surface area contributed by atoms with Gasteiger partial charge in [-0.05, 0) is 12.1 Å². The average molecular weight is 158 g/mol. The van der Waals surface area contributed by atoms with E-state index in [4.69, 9.17) is 4.43 Å². The van der Waals surface area contributed by atoms with Gasteiger partial charge in [0, 0.05) is 7.11 Å². The second kappa shape index (κ2) is 5.38. The van der Waals surface area contributed by atoms with Crippen LogP contribution in [0.4, 0.5) is 0 Å². The fraction of sp³-hybridized carbons (Fsp3) is 0.571. The summed E-state index contributed by atoms with van der Waals surface area (Å²) in [5, 5.41) is 0.115. The summed E-state index contributed by atoms with van der Waals surface area (Å²) < 4.78 is 5.06. The maximum absolute atomic E-state index is 11.0. The van der Waals surface area contributed by atoms with Gasteiger partial charge in [0.1, 0.15) is 0 Å². The summed E-state index contributed by atoms with van der Waals surface area (Å²) in [4.78, 5) is 11.0. The summed E-state index contributed by atoms with van der Waals surface area (Å²) in [6, 6.07) is 0.918. The van der Waals surface area contributed by atoms with Gasteiger partial charge in [0.15, 0.2) is 5.41 Å². The van der Waals surface area contributed by atoms with E-state index < -0.39 is 9.04 Å². The zero-order valence-corrected chi connectivity index (χ0v) is 7.75. The number of allylic oxidation sites excluding steroid dienone is 1. The first-order valence-corrected chi connectivity index (χ1v) is 5.31.